The van der Waals surface area contributed by atoms with Gasteiger partial charge in [0.05, 0.1) is 0 Å². The minimum absolute atomic E-state index is 0.700. The molecule has 1 fully saturated rings. The molecule has 0 atom stereocenters. The number of allylic oxidation sites excluding steroid dienone is 3. The van der Waals surface area contributed by atoms with Crippen LogP contribution in [0.5, 0.6) is 0 Å². The van der Waals surface area contributed by atoms with Crippen molar-refractivity contribution in [3.8, 4) is 0 Å². The average molecular weight is 191 g/mol. The first-order valence-corrected chi connectivity index (χ1v) is 5.46. The van der Waals surface area contributed by atoms with Crippen LogP contribution in [0.15, 0.2) is 37.1 Å². The Morgan fingerprint density at radius 2 is 1.93 bits per heavy atom. The van der Waals surface area contributed by atoms with Crippen LogP contribution in [-0.2, 0) is 0 Å². The molecule has 0 bridgehead atoms. The Morgan fingerprint density at radius 3 is 2.50 bits per heavy atom. The molecule has 0 aromatic rings. The quantitative estimate of drug-likeness (QED) is 0.615. The Bertz CT molecular complexity index is 221. The van der Waals surface area contributed by atoms with E-state index in [1.165, 1.54) is 32.1 Å². The Kier molecular flexibility index (Phi) is 4.51. The summed E-state index contributed by atoms with van der Waals surface area (Å²) in [5.41, 5.74) is 1.09. The summed E-state index contributed by atoms with van der Waals surface area (Å²) in [7, 11) is 2.14. The molecule has 1 saturated carbocycles. The second kappa shape index (κ2) is 5.69. The van der Waals surface area contributed by atoms with E-state index < -0.39 is 0 Å². The predicted octanol–water partition coefficient (Wildman–Crippen LogP) is 3.51. The summed E-state index contributed by atoms with van der Waals surface area (Å²) in [6.45, 7) is 7.72. The molecule has 0 unspecified atom stereocenters. The van der Waals surface area contributed by atoms with Gasteiger partial charge in [-0.2, -0.15) is 0 Å². The first kappa shape index (κ1) is 11.1. The molecule has 0 aromatic heterocycles. The molecule has 0 saturated heterocycles. The van der Waals surface area contributed by atoms with Gasteiger partial charge in [0.15, 0.2) is 0 Å². The van der Waals surface area contributed by atoms with Crippen molar-refractivity contribution < 1.29 is 0 Å². The summed E-state index contributed by atoms with van der Waals surface area (Å²) in [5, 5.41) is 0. The lowest BCUT2D eigenvalue weighted by Crippen LogP contribution is -2.31. The zero-order valence-corrected chi connectivity index (χ0v) is 9.21. The molecule has 0 aromatic carbocycles. The molecule has 0 spiro atoms. The van der Waals surface area contributed by atoms with Crippen LogP contribution in [-0.4, -0.2) is 18.0 Å². The van der Waals surface area contributed by atoms with Crippen molar-refractivity contribution in [2.24, 2.45) is 0 Å². The minimum Gasteiger partial charge on any atom is -0.372 e. The van der Waals surface area contributed by atoms with Gasteiger partial charge in [0, 0.05) is 18.8 Å². The van der Waals surface area contributed by atoms with E-state index in [-0.39, 0.29) is 0 Å². The van der Waals surface area contributed by atoms with Gasteiger partial charge < -0.3 is 4.90 Å². The lowest BCUT2D eigenvalue weighted by Gasteiger charge is -2.33. The van der Waals surface area contributed by atoms with Gasteiger partial charge in [-0.05, 0) is 18.9 Å². The molecule has 0 radical (unpaired) electrons. The fourth-order valence-electron chi connectivity index (χ4n) is 2.00. The molecule has 1 rings (SSSR count). The van der Waals surface area contributed by atoms with Gasteiger partial charge in [0.2, 0.25) is 0 Å². The highest BCUT2D eigenvalue weighted by Gasteiger charge is 2.17. The van der Waals surface area contributed by atoms with Gasteiger partial charge in [0.25, 0.3) is 0 Å². The molecule has 0 aliphatic heterocycles. The van der Waals surface area contributed by atoms with E-state index in [0.717, 1.165) is 5.70 Å². The van der Waals surface area contributed by atoms with Gasteiger partial charge in [-0.25, -0.2) is 0 Å². The third-order valence-electron chi connectivity index (χ3n) is 3.00. The van der Waals surface area contributed by atoms with Crippen molar-refractivity contribution in [3.63, 3.8) is 0 Å². The summed E-state index contributed by atoms with van der Waals surface area (Å²) in [6.07, 6.45) is 12.5. The Balaban J connectivity index is 2.45. The average Bonchev–Trinajstić information content (AvgIpc) is 2.26. The third kappa shape index (κ3) is 3.06. The normalized spacial score (nSPS) is 18.4. The molecule has 78 valence electrons. The molecule has 0 N–H and O–H groups in total. The van der Waals surface area contributed by atoms with Crippen LogP contribution in [0.25, 0.3) is 0 Å². The van der Waals surface area contributed by atoms with Crippen molar-refractivity contribution in [2.45, 2.75) is 38.1 Å². The number of likely N-dealkylation sites (N-methyl/N-ethyl adjacent to an activating group) is 1. The van der Waals surface area contributed by atoms with Gasteiger partial charge in [0.1, 0.15) is 0 Å². The maximum Gasteiger partial charge on any atom is 0.0293 e. The molecule has 1 nitrogen and oxygen atoms in total. The molecular weight excluding hydrogens is 170 g/mol. The highest BCUT2D eigenvalue weighted by molar-refractivity contribution is 5.17. The van der Waals surface area contributed by atoms with E-state index in [1.807, 2.05) is 12.2 Å². The zero-order valence-electron chi connectivity index (χ0n) is 9.21. The van der Waals surface area contributed by atoms with Crippen molar-refractivity contribution in [1.82, 2.24) is 4.90 Å². The molecule has 0 heterocycles. The predicted molar refractivity (Wildman–Crippen MR) is 63.1 cm³/mol. The second-order valence-corrected chi connectivity index (χ2v) is 3.99. The van der Waals surface area contributed by atoms with Crippen molar-refractivity contribution in [2.75, 3.05) is 7.05 Å². The number of hydrogen-bond donors (Lipinski definition) is 0. The smallest absolute Gasteiger partial charge is 0.0293 e. The van der Waals surface area contributed by atoms with Crippen LogP contribution in [0.4, 0.5) is 0 Å². The van der Waals surface area contributed by atoms with Crippen LogP contribution in [0, 0.1) is 0 Å². The molecular formula is C13H21N. The summed E-state index contributed by atoms with van der Waals surface area (Å²) in [4.78, 5) is 2.30. The van der Waals surface area contributed by atoms with E-state index in [0.29, 0.717) is 6.04 Å². The van der Waals surface area contributed by atoms with Crippen LogP contribution in [0.3, 0.4) is 0 Å². The number of hydrogen-bond acceptors (Lipinski definition) is 1. The maximum atomic E-state index is 4.06. The Hall–Kier alpha value is -0.980. The molecule has 1 heteroatoms. The van der Waals surface area contributed by atoms with E-state index in [2.05, 4.69) is 25.1 Å². The molecule has 1 aliphatic carbocycles. The van der Waals surface area contributed by atoms with E-state index in [1.54, 1.807) is 6.08 Å². The zero-order chi connectivity index (χ0) is 10.4. The monoisotopic (exact) mass is 191 g/mol. The lowest BCUT2D eigenvalue weighted by atomic mass is 9.94. The first-order chi connectivity index (χ1) is 6.75. The van der Waals surface area contributed by atoms with Gasteiger partial charge in [-0.1, -0.05) is 44.6 Å². The van der Waals surface area contributed by atoms with Crippen molar-refractivity contribution >= 4 is 0 Å². The summed E-state index contributed by atoms with van der Waals surface area (Å²) >= 11 is 0. The van der Waals surface area contributed by atoms with Crippen LogP contribution < -0.4 is 0 Å². The first-order valence-electron chi connectivity index (χ1n) is 5.46. The standard InChI is InChI=1S/C13H21N/c1-4-5-9-12(2)14(3)13-10-7-6-8-11-13/h4-5,9,13H,1-2,6-8,10-11H2,3H3/b9-5-. The second-order valence-electron chi connectivity index (χ2n) is 3.99. The van der Waals surface area contributed by atoms with E-state index in [9.17, 15) is 0 Å². The SMILES string of the molecule is C=C/C=C\C(=C)N(C)C1CCCCC1. The van der Waals surface area contributed by atoms with E-state index >= 15 is 0 Å². The maximum absolute atomic E-state index is 4.06. The molecule has 14 heavy (non-hydrogen) atoms. The van der Waals surface area contributed by atoms with Gasteiger partial charge in [-0.3, -0.25) is 0 Å². The van der Waals surface area contributed by atoms with Crippen molar-refractivity contribution in [1.29, 1.82) is 0 Å². The molecule has 1 aliphatic rings. The number of nitrogens with zero attached hydrogens (tertiary/aromatic N) is 1. The summed E-state index contributed by atoms with van der Waals surface area (Å²) in [6, 6.07) is 0.700. The molecule has 0 amide bonds. The van der Waals surface area contributed by atoms with Gasteiger partial charge >= 0.3 is 0 Å². The summed E-state index contributed by atoms with van der Waals surface area (Å²) in [5.74, 6) is 0. The fraction of sp³-hybridized carbons (Fsp3) is 0.538. The van der Waals surface area contributed by atoms with Crippen LogP contribution >= 0.6 is 0 Å². The number of rotatable bonds is 4. The van der Waals surface area contributed by atoms with Crippen LogP contribution in [0.2, 0.25) is 0 Å². The minimum atomic E-state index is 0.700. The van der Waals surface area contributed by atoms with Crippen LogP contribution in [0.1, 0.15) is 32.1 Å². The van der Waals surface area contributed by atoms with Gasteiger partial charge in [-0.15, -0.1) is 0 Å². The summed E-state index contributed by atoms with van der Waals surface area (Å²) < 4.78 is 0. The third-order valence-corrected chi connectivity index (χ3v) is 3.00. The highest BCUT2D eigenvalue weighted by Crippen LogP contribution is 2.23. The largest absolute Gasteiger partial charge is 0.372 e. The lowest BCUT2D eigenvalue weighted by molar-refractivity contribution is 0.242. The fourth-order valence-corrected chi connectivity index (χ4v) is 2.00. The van der Waals surface area contributed by atoms with E-state index in [4.69, 9.17) is 0 Å². The Labute approximate surface area is 87.8 Å². The Morgan fingerprint density at radius 1 is 1.29 bits per heavy atom. The topological polar surface area (TPSA) is 3.24 Å². The highest BCUT2D eigenvalue weighted by atomic mass is 15.1. The van der Waals surface area contributed by atoms with Crippen molar-refractivity contribution in [3.05, 3.63) is 37.1 Å².